The van der Waals surface area contributed by atoms with Crippen molar-refractivity contribution in [3.63, 3.8) is 0 Å². The summed E-state index contributed by atoms with van der Waals surface area (Å²) >= 11 is 0. The van der Waals surface area contributed by atoms with E-state index in [4.69, 9.17) is 0 Å². The molecule has 0 aliphatic carbocycles. The van der Waals surface area contributed by atoms with Crippen LogP contribution < -0.4 is 10.6 Å². The van der Waals surface area contributed by atoms with Gasteiger partial charge >= 0.3 is 6.41 Å². The SMILES string of the molecule is CCNCCN([C]=O)CCNCC. The largest absolute Gasteiger partial charge is 0.332 e. The summed E-state index contributed by atoms with van der Waals surface area (Å²) in [4.78, 5) is 12.1. The van der Waals surface area contributed by atoms with Crippen LogP contribution >= 0.6 is 0 Å². The Hall–Kier alpha value is -0.610. The van der Waals surface area contributed by atoms with E-state index in [0.29, 0.717) is 0 Å². The van der Waals surface area contributed by atoms with Crippen LogP contribution in [0.3, 0.4) is 0 Å². The summed E-state index contributed by atoms with van der Waals surface area (Å²) in [5.74, 6) is 0. The molecule has 0 saturated carbocycles. The Balaban J connectivity index is 3.34. The molecule has 0 heterocycles. The lowest BCUT2D eigenvalue weighted by Crippen LogP contribution is -2.35. The molecule has 0 aromatic carbocycles. The molecule has 1 radical (unpaired) electrons. The summed E-state index contributed by atoms with van der Waals surface area (Å²) in [6.07, 6.45) is 1.92. The van der Waals surface area contributed by atoms with Crippen molar-refractivity contribution >= 4 is 6.41 Å². The summed E-state index contributed by atoms with van der Waals surface area (Å²) < 4.78 is 0. The minimum Gasteiger partial charge on any atom is -0.332 e. The van der Waals surface area contributed by atoms with Crippen molar-refractivity contribution in [1.29, 1.82) is 0 Å². The first-order valence-corrected chi connectivity index (χ1v) is 4.89. The zero-order chi connectivity index (χ0) is 9.94. The number of hydrogen-bond donors (Lipinski definition) is 2. The van der Waals surface area contributed by atoms with Crippen molar-refractivity contribution < 1.29 is 4.79 Å². The van der Waals surface area contributed by atoms with Gasteiger partial charge in [-0.15, -0.1) is 0 Å². The minimum absolute atomic E-state index is 0.739. The van der Waals surface area contributed by atoms with Crippen molar-refractivity contribution in [2.24, 2.45) is 0 Å². The lowest BCUT2D eigenvalue weighted by Gasteiger charge is -2.16. The highest BCUT2D eigenvalue weighted by Gasteiger charge is 2.00. The molecule has 0 aromatic heterocycles. The van der Waals surface area contributed by atoms with Gasteiger partial charge in [0.05, 0.1) is 0 Å². The molecule has 0 fully saturated rings. The Labute approximate surface area is 80.7 Å². The maximum Gasteiger partial charge on any atom is 0.312 e. The van der Waals surface area contributed by atoms with Crippen LogP contribution in [0.5, 0.6) is 0 Å². The Morgan fingerprint density at radius 3 is 1.85 bits per heavy atom. The van der Waals surface area contributed by atoms with Crippen LogP contribution in [-0.2, 0) is 4.79 Å². The van der Waals surface area contributed by atoms with E-state index in [9.17, 15) is 4.79 Å². The number of rotatable bonds is 9. The van der Waals surface area contributed by atoms with Crippen LogP contribution in [0.1, 0.15) is 13.8 Å². The molecule has 0 atom stereocenters. The highest BCUT2D eigenvalue weighted by Crippen LogP contribution is 1.79. The van der Waals surface area contributed by atoms with Gasteiger partial charge in [-0.1, -0.05) is 13.8 Å². The molecular weight excluding hydrogens is 166 g/mol. The highest BCUT2D eigenvalue weighted by atomic mass is 16.1. The van der Waals surface area contributed by atoms with Crippen molar-refractivity contribution in [3.05, 3.63) is 0 Å². The molecule has 0 spiro atoms. The van der Waals surface area contributed by atoms with E-state index in [0.717, 1.165) is 39.3 Å². The Kier molecular flexibility index (Phi) is 9.03. The predicted molar refractivity (Wildman–Crippen MR) is 54.4 cm³/mol. The third-order valence-electron chi connectivity index (χ3n) is 1.75. The molecule has 1 amide bonds. The molecule has 0 rings (SSSR count). The lowest BCUT2D eigenvalue weighted by atomic mass is 10.5. The van der Waals surface area contributed by atoms with Gasteiger partial charge in [0, 0.05) is 26.2 Å². The molecular formula is C9H20N3O. The summed E-state index contributed by atoms with van der Waals surface area (Å²) in [6.45, 7) is 9.15. The van der Waals surface area contributed by atoms with E-state index in [1.54, 1.807) is 4.90 Å². The molecule has 0 unspecified atom stereocenters. The van der Waals surface area contributed by atoms with E-state index >= 15 is 0 Å². The third-order valence-corrected chi connectivity index (χ3v) is 1.75. The molecule has 2 N–H and O–H groups in total. The van der Waals surface area contributed by atoms with Crippen molar-refractivity contribution in [2.75, 3.05) is 39.3 Å². The smallest absolute Gasteiger partial charge is 0.312 e. The highest BCUT2D eigenvalue weighted by molar-refractivity contribution is 5.47. The number of hydrogen-bond acceptors (Lipinski definition) is 3. The second-order valence-corrected chi connectivity index (χ2v) is 2.79. The quantitative estimate of drug-likeness (QED) is 0.379. The Morgan fingerprint density at radius 1 is 1.08 bits per heavy atom. The van der Waals surface area contributed by atoms with Gasteiger partial charge < -0.3 is 15.5 Å². The molecule has 4 nitrogen and oxygen atoms in total. The van der Waals surface area contributed by atoms with E-state index in [-0.39, 0.29) is 0 Å². The summed E-state index contributed by atoms with van der Waals surface area (Å²) in [6, 6.07) is 0. The topological polar surface area (TPSA) is 44.4 Å². The number of amides is 1. The van der Waals surface area contributed by atoms with Gasteiger partial charge in [-0.25, -0.2) is 0 Å². The fourth-order valence-electron chi connectivity index (χ4n) is 0.985. The monoisotopic (exact) mass is 186 g/mol. The van der Waals surface area contributed by atoms with Crippen molar-refractivity contribution in [1.82, 2.24) is 15.5 Å². The fraction of sp³-hybridized carbons (Fsp3) is 0.889. The van der Waals surface area contributed by atoms with E-state index in [1.807, 2.05) is 20.3 Å². The van der Waals surface area contributed by atoms with Crippen molar-refractivity contribution in [2.45, 2.75) is 13.8 Å². The van der Waals surface area contributed by atoms with E-state index in [1.165, 1.54) is 0 Å². The maximum atomic E-state index is 10.4. The molecule has 0 aromatic rings. The van der Waals surface area contributed by atoms with Crippen molar-refractivity contribution in [3.8, 4) is 0 Å². The molecule has 0 bridgehead atoms. The fourth-order valence-corrected chi connectivity index (χ4v) is 0.985. The van der Waals surface area contributed by atoms with Gasteiger partial charge in [0.15, 0.2) is 0 Å². The van der Waals surface area contributed by atoms with Gasteiger partial charge in [-0.3, -0.25) is 4.79 Å². The van der Waals surface area contributed by atoms with Crippen LogP contribution in [0.4, 0.5) is 0 Å². The van der Waals surface area contributed by atoms with Crippen LogP contribution in [0.25, 0.3) is 0 Å². The number of nitrogens with zero attached hydrogens (tertiary/aromatic N) is 1. The second-order valence-electron chi connectivity index (χ2n) is 2.79. The molecule has 13 heavy (non-hydrogen) atoms. The van der Waals surface area contributed by atoms with Gasteiger partial charge in [0.25, 0.3) is 0 Å². The first-order chi connectivity index (χ1) is 6.35. The number of carbonyl (C=O) groups excluding carboxylic acids is 1. The summed E-state index contributed by atoms with van der Waals surface area (Å²) in [5.41, 5.74) is 0. The Bertz CT molecular complexity index is 109. The van der Waals surface area contributed by atoms with Crippen LogP contribution in [0.2, 0.25) is 0 Å². The van der Waals surface area contributed by atoms with Gasteiger partial charge in [0.1, 0.15) is 0 Å². The average molecular weight is 186 g/mol. The Morgan fingerprint density at radius 2 is 1.54 bits per heavy atom. The molecule has 0 aliphatic rings. The van der Waals surface area contributed by atoms with E-state index in [2.05, 4.69) is 10.6 Å². The van der Waals surface area contributed by atoms with Crippen LogP contribution in [-0.4, -0.2) is 50.6 Å². The zero-order valence-corrected chi connectivity index (χ0v) is 8.60. The number of nitrogens with one attached hydrogen (secondary N) is 2. The first kappa shape index (κ1) is 12.4. The van der Waals surface area contributed by atoms with Gasteiger partial charge in [-0.2, -0.15) is 0 Å². The molecule has 0 aliphatic heterocycles. The normalized spacial score (nSPS) is 10.0. The van der Waals surface area contributed by atoms with E-state index < -0.39 is 0 Å². The zero-order valence-electron chi connectivity index (χ0n) is 8.60. The van der Waals surface area contributed by atoms with Crippen LogP contribution in [0.15, 0.2) is 0 Å². The molecule has 4 heteroatoms. The summed E-state index contributed by atoms with van der Waals surface area (Å²) in [5, 5.41) is 6.32. The van der Waals surface area contributed by atoms with Crippen LogP contribution in [0, 0.1) is 0 Å². The predicted octanol–water partition coefficient (Wildman–Crippen LogP) is -0.425. The standard InChI is InChI=1S/C9H20N3O/c1-3-10-5-7-12(9-13)8-6-11-4-2/h10-11H,3-8H2,1-2H3. The van der Waals surface area contributed by atoms with Gasteiger partial charge in [0.2, 0.25) is 0 Å². The summed E-state index contributed by atoms with van der Waals surface area (Å²) in [7, 11) is 0. The molecule has 77 valence electrons. The minimum atomic E-state index is 0.739. The van der Waals surface area contributed by atoms with Gasteiger partial charge in [-0.05, 0) is 13.1 Å². The lowest BCUT2D eigenvalue weighted by molar-refractivity contribution is 0.373. The second kappa shape index (κ2) is 9.48. The maximum absolute atomic E-state index is 10.4. The average Bonchev–Trinajstić information content (AvgIpc) is 2.16. The number of likely N-dealkylation sites (N-methyl/N-ethyl adjacent to an activating group) is 2. The first-order valence-electron chi connectivity index (χ1n) is 4.89. The molecule has 0 saturated heterocycles. The third kappa shape index (κ3) is 7.74.